The van der Waals surface area contributed by atoms with Crippen LogP contribution in [0.15, 0.2) is 198 Å². The lowest BCUT2D eigenvalue weighted by Gasteiger charge is -2.14. The molecule has 0 heterocycles. The highest BCUT2D eigenvalue weighted by molar-refractivity contribution is 6.25. The Labute approximate surface area is 303 Å². The number of rotatable bonds is 6. The Kier molecular flexibility index (Phi) is 8.07. The van der Waals surface area contributed by atoms with Gasteiger partial charge < -0.3 is 5.73 Å². The van der Waals surface area contributed by atoms with E-state index in [4.69, 9.17) is 15.7 Å². The molecule has 3 nitrogen and oxygen atoms in total. The van der Waals surface area contributed by atoms with Gasteiger partial charge in [-0.25, -0.2) is 4.99 Å². The number of hydrogen-bond donors (Lipinski definition) is 1. The SMILES string of the molecule is NC(=NC(=NCc1cc2ccccc2cc1-c1ccc(-c2ccc3c4ccccc4c4ccccc4c3c2)cc1)c1ccccc1)c1ccccc1. The summed E-state index contributed by atoms with van der Waals surface area (Å²) in [6.45, 7) is 0.448. The summed E-state index contributed by atoms with van der Waals surface area (Å²) >= 11 is 0. The molecule has 0 aromatic heterocycles. The van der Waals surface area contributed by atoms with Crippen LogP contribution >= 0.6 is 0 Å². The number of aliphatic imine (C=N–C) groups is 2. The van der Waals surface area contributed by atoms with Crippen molar-refractivity contribution in [3.8, 4) is 22.3 Å². The minimum atomic E-state index is 0.437. The highest BCUT2D eigenvalue weighted by Crippen LogP contribution is 2.38. The molecule has 0 fully saturated rings. The van der Waals surface area contributed by atoms with Gasteiger partial charge in [-0.1, -0.05) is 170 Å². The van der Waals surface area contributed by atoms with E-state index in [1.165, 1.54) is 54.2 Å². The van der Waals surface area contributed by atoms with Crippen LogP contribution in [0.3, 0.4) is 0 Å². The molecule has 0 aliphatic rings. The molecule has 52 heavy (non-hydrogen) atoms. The molecule has 0 aliphatic carbocycles. The number of benzene rings is 9. The van der Waals surface area contributed by atoms with Crippen molar-refractivity contribution in [2.45, 2.75) is 6.54 Å². The van der Waals surface area contributed by atoms with Gasteiger partial charge in [0.15, 0.2) is 5.84 Å². The van der Waals surface area contributed by atoms with Gasteiger partial charge in [-0.15, -0.1) is 0 Å². The van der Waals surface area contributed by atoms with Crippen molar-refractivity contribution >= 4 is 54.8 Å². The highest BCUT2D eigenvalue weighted by Gasteiger charge is 2.13. The van der Waals surface area contributed by atoms with Crippen LogP contribution in [0, 0.1) is 0 Å². The number of amidine groups is 2. The van der Waals surface area contributed by atoms with Gasteiger partial charge in [0.05, 0.1) is 6.54 Å². The van der Waals surface area contributed by atoms with E-state index in [1.807, 2.05) is 60.7 Å². The first-order valence-corrected chi connectivity index (χ1v) is 17.6. The fraction of sp³-hybridized carbons (Fsp3) is 0.0204. The average molecular weight is 666 g/mol. The molecule has 0 aliphatic heterocycles. The first-order valence-electron chi connectivity index (χ1n) is 17.6. The molecule has 9 rings (SSSR count). The standard InChI is InChI=1S/C49H35N3/c50-48(35-13-3-1-4-14-35)52-49(36-15-5-2-6-16-36)51-32-40-29-37-17-7-8-18-38(37)30-46(40)34-25-23-33(24-26-34)39-27-28-45-43-21-10-9-19-41(43)42-20-11-12-22-44(42)47(45)31-39/h1-31H,32H2,(H2,50,51,52). The summed E-state index contributed by atoms with van der Waals surface area (Å²) in [6.07, 6.45) is 0. The Morgan fingerprint density at radius 3 is 1.52 bits per heavy atom. The Balaban J connectivity index is 1.11. The predicted octanol–water partition coefficient (Wildman–Crippen LogP) is 12.0. The third-order valence-corrected chi connectivity index (χ3v) is 9.97. The van der Waals surface area contributed by atoms with Gasteiger partial charge in [0, 0.05) is 11.1 Å². The molecule has 0 atom stereocenters. The quantitative estimate of drug-likeness (QED) is 0.107. The van der Waals surface area contributed by atoms with Crippen molar-refractivity contribution < 1.29 is 0 Å². The van der Waals surface area contributed by atoms with Crippen LogP contribution in [0.1, 0.15) is 16.7 Å². The van der Waals surface area contributed by atoms with E-state index < -0.39 is 0 Å². The number of nitrogens with two attached hydrogens (primary N) is 1. The minimum Gasteiger partial charge on any atom is -0.383 e. The van der Waals surface area contributed by atoms with Gasteiger partial charge in [0.2, 0.25) is 0 Å². The lowest BCUT2D eigenvalue weighted by molar-refractivity contribution is 1.07. The zero-order valence-electron chi connectivity index (χ0n) is 28.6. The lowest BCUT2D eigenvalue weighted by Crippen LogP contribution is -2.16. The molecule has 0 amide bonds. The molecule has 0 bridgehead atoms. The molecule has 2 N–H and O–H groups in total. The molecule has 9 aromatic rings. The predicted molar refractivity (Wildman–Crippen MR) is 221 cm³/mol. The molecule has 246 valence electrons. The van der Waals surface area contributed by atoms with E-state index in [0.717, 1.165) is 27.8 Å². The van der Waals surface area contributed by atoms with Crippen molar-refractivity contribution in [3.05, 3.63) is 205 Å². The Bertz CT molecular complexity index is 2760. The molecule has 0 unspecified atom stereocenters. The second kappa shape index (κ2) is 13.5. The van der Waals surface area contributed by atoms with Gasteiger partial charge in [0.1, 0.15) is 5.84 Å². The van der Waals surface area contributed by atoms with Crippen LogP contribution in [0.4, 0.5) is 0 Å². The summed E-state index contributed by atoms with van der Waals surface area (Å²) in [5.74, 6) is 1.04. The second-order valence-corrected chi connectivity index (χ2v) is 13.2. The van der Waals surface area contributed by atoms with Crippen molar-refractivity contribution in [2.24, 2.45) is 15.7 Å². The molecule has 0 spiro atoms. The van der Waals surface area contributed by atoms with Crippen molar-refractivity contribution in [3.63, 3.8) is 0 Å². The lowest BCUT2D eigenvalue weighted by atomic mass is 9.91. The van der Waals surface area contributed by atoms with Crippen molar-refractivity contribution in [2.75, 3.05) is 0 Å². The van der Waals surface area contributed by atoms with Crippen LogP contribution in [-0.2, 0) is 6.54 Å². The third-order valence-electron chi connectivity index (χ3n) is 9.97. The van der Waals surface area contributed by atoms with E-state index >= 15 is 0 Å². The van der Waals surface area contributed by atoms with E-state index in [9.17, 15) is 0 Å². The second-order valence-electron chi connectivity index (χ2n) is 13.2. The van der Waals surface area contributed by atoms with Crippen LogP contribution in [0.5, 0.6) is 0 Å². The summed E-state index contributed by atoms with van der Waals surface area (Å²) in [5.41, 5.74) is 14.1. The normalized spacial score (nSPS) is 12.2. The molecule has 3 heteroatoms. The van der Waals surface area contributed by atoms with Crippen molar-refractivity contribution in [1.82, 2.24) is 0 Å². The Hall–Kier alpha value is -6.84. The summed E-state index contributed by atoms with van der Waals surface area (Å²) < 4.78 is 0. The van der Waals surface area contributed by atoms with Gasteiger partial charge in [-0.2, -0.15) is 0 Å². The zero-order chi connectivity index (χ0) is 34.9. The maximum absolute atomic E-state index is 6.51. The highest BCUT2D eigenvalue weighted by atomic mass is 15.0. The minimum absolute atomic E-state index is 0.437. The average Bonchev–Trinajstić information content (AvgIpc) is 3.22. The molecular weight excluding hydrogens is 631 g/mol. The molecular formula is C49H35N3. The van der Waals surface area contributed by atoms with Crippen LogP contribution < -0.4 is 5.73 Å². The smallest absolute Gasteiger partial charge is 0.157 e. The van der Waals surface area contributed by atoms with Crippen LogP contribution in [0.2, 0.25) is 0 Å². The van der Waals surface area contributed by atoms with Gasteiger partial charge in [0.25, 0.3) is 0 Å². The zero-order valence-corrected chi connectivity index (χ0v) is 28.6. The van der Waals surface area contributed by atoms with Crippen molar-refractivity contribution in [1.29, 1.82) is 0 Å². The van der Waals surface area contributed by atoms with Gasteiger partial charge in [-0.05, 0) is 89.1 Å². The number of fused-ring (bicyclic) bond motifs is 7. The summed E-state index contributed by atoms with van der Waals surface area (Å²) in [7, 11) is 0. The van der Waals surface area contributed by atoms with Gasteiger partial charge >= 0.3 is 0 Å². The monoisotopic (exact) mass is 665 g/mol. The first-order chi connectivity index (χ1) is 25.7. The fourth-order valence-corrected chi connectivity index (χ4v) is 7.34. The first kappa shape index (κ1) is 31.2. The van der Waals surface area contributed by atoms with E-state index in [0.29, 0.717) is 18.2 Å². The summed E-state index contributed by atoms with van der Waals surface area (Å²) in [5, 5.41) is 10.1. The number of hydrogen-bond acceptors (Lipinski definition) is 1. The Morgan fingerprint density at radius 1 is 0.404 bits per heavy atom. The van der Waals surface area contributed by atoms with E-state index in [-0.39, 0.29) is 0 Å². The molecule has 0 saturated heterocycles. The Morgan fingerprint density at radius 2 is 0.885 bits per heavy atom. The maximum Gasteiger partial charge on any atom is 0.157 e. The summed E-state index contributed by atoms with van der Waals surface area (Å²) in [6, 6.07) is 66.2. The number of nitrogens with zero attached hydrogens (tertiary/aromatic N) is 2. The van der Waals surface area contributed by atoms with Crippen LogP contribution in [-0.4, -0.2) is 11.7 Å². The topological polar surface area (TPSA) is 50.7 Å². The van der Waals surface area contributed by atoms with E-state index in [2.05, 4.69) is 127 Å². The fourth-order valence-electron chi connectivity index (χ4n) is 7.34. The third kappa shape index (κ3) is 5.89. The van der Waals surface area contributed by atoms with Gasteiger partial charge in [-0.3, -0.25) is 4.99 Å². The molecule has 9 aromatic carbocycles. The molecule has 0 radical (unpaired) electrons. The van der Waals surface area contributed by atoms with E-state index in [1.54, 1.807) is 0 Å². The molecule has 0 saturated carbocycles. The largest absolute Gasteiger partial charge is 0.383 e. The maximum atomic E-state index is 6.51. The van der Waals surface area contributed by atoms with Crippen LogP contribution in [0.25, 0.3) is 65.3 Å². The summed E-state index contributed by atoms with van der Waals surface area (Å²) in [4.78, 5) is 9.96.